The molecule has 4 nitrogen and oxygen atoms in total. The summed E-state index contributed by atoms with van der Waals surface area (Å²) in [6.45, 7) is 0. The molecule has 90 valence electrons. The number of nitrogens with one attached hydrogen (secondary N) is 2. The van der Waals surface area contributed by atoms with Crippen molar-refractivity contribution in [2.24, 2.45) is 0 Å². The van der Waals surface area contributed by atoms with Gasteiger partial charge in [-0.15, -0.1) is 11.3 Å². The minimum atomic E-state index is -0.303. The van der Waals surface area contributed by atoms with E-state index in [1.807, 2.05) is 0 Å². The Bertz CT molecular complexity index is 705. The van der Waals surface area contributed by atoms with Crippen LogP contribution in [0.15, 0.2) is 36.7 Å². The Balaban J connectivity index is 1.92. The molecule has 6 heteroatoms. The van der Waals surface area contributed by atoms with Crippen LogP contribution in [0.2, 0.25) is 0 Å². The third-order valence-corrected chi connectivity index (χ3v) is 3.53. The second kappa shape index (κ2) is 4.23. The van der Waals surface area contributed by atoms with Gasteiger partial charge in [0, 0.05) is 17.1 Å². The number of imidazole rings is 1. The molecule has 0 radical (unpaired) electrons. The molecule has 0 aliphatic rings. The summed E-state index contributed by atoms with van der Waals surface area (Å²) in [5.74, 6) is -0.169. The second-order valence-electron chi connectivity index (χ2n) is 3.68. The standard InChI is InChI=1S/C12H8FN3OS/c13-8-2-1-7-5-10(18-9(7)6-8)11(17)16-12-14-3-4-15-12/h1-6H,(H2,14,15,16,17). The van der Waals surface area contributed by atoms with Gasteiger partial charge in [-0.2, -0.15) is 0 Å². The monoisotopic (exact) mass is 261 g/mol. The summed E-state index contributed by atoms with van der Waals surface area (Å²) < 4.78 is 13.8. The molecule has 2 heterocycles. The van der Waals surface area contributed by atoms with E-state index in [0.29, 0.717) is 10.8 Å². The summed E-state index contributed by atoms with van der Waals surface area (Å²) in [4.78, 5) is 19.1. The number of aromatic amines is 1. The quantitative estimate of drug-likeness (QED) is 0.745. The van der Waals surface area contributed by atoms with Gasteiger partial charge in [0.1, 0.15) is 5.82 Å². The number of halogens is 1. The number of carbonyl (C=O) groups is 1. The van der Waals surface area contributed by atoms with Crippen molar-refractivity contribution in [3.63, 3.8) is 0 Å². The number of H-pyrrole nitrogens is 1. The summed E-state index contributed by atoms with van der Waals surface area (Å²) in [7, 11) is 0. The first-order valence-corrected chi connectivity index (χ1v) is 6.04. The molecule has 0 aliphatic heterocycles. The summed E-state index contributed by atoms with van der Waals surface area (Å²) in [6.07, 6.45) is 3.17. The number of fused-ring (bicyclic) bond motifs is 1. The molecule has 0 saturated heterocycles. The smallest absolute Gasteiger partial charge is 0.268 e. The SMILES string of the molecule is O=C(Nc1ncc[nH]1)c1cc2ccc(F)cc2s1. The maximum atomic E-state index is 13.0. The first-order valence-electron chi connectivity index (χ1n) is 5.22. The third kappa shape index (κ3) is 1.98. The summed E-state index contributed by atoms with van der Waals surface area (Å²) in [5, 5.41) is 3.48. The number of rotatable bonds is 2. The van der Waals surface area contributed by atoms with Gasteiger partial charge in [0.05, 0.1) is 4.88 Å². The van der Waals surface area contributed by atoms with Crippen LogP contribution in [-0.2, 0) is 0 Å². The Labute approximate surface area is 105 Å². The number of hydrogen-bond donors (Lipinski definition) is 2. The highest BCUT2D eigenvalue weighted by Gasteiger charge is 2.11. The fraction of sp³-hybridized carbons (Fsp3) is 0. The van der Waals surface area contributed by atoms with Crippen LogP contribution in [0.3, 0.4) is 0 Å². The van der Waals surface area contributed by atoms with Crippen LogP contribution in [-0.4, -0.2) is 15.9 Å². The lowest BCUT2D eigenvalue weighted by atomic mass is 10.2. The molecule has 0 spiro atoms. The van der Waals surface area contributed by atoms with E-state index in [9.17, 15) is 9.18 Å². The third-order valence-electron chi connectivity index (χ3n) is 2.44. The lowest BCUT2D eigenvalue weighted by molar-refractivity contribution is 0.103. The van der Waals surface area contributed by atoms with Gasteiger partial charge in [-0.25, -0.2) is 9.37 Å². The van der Waals surface area contributed by atoms with Crippen molar-refractivity contribution < 1.29 is 9.18 Å². The number of amides is 1. The molecule has 0 bridgehead atoms. The molecule has 3 aromatic rings. The molecule has 1 aromatic carbocycles. The Morgan fingerprint density at radius 1 is 1.39 bits per heavy atom. The van der Waals surface area contributed by atoms with Crippen molar-refractivity contribution in [3.05, 3.63) is 47.4 Å². The van der Waals surface area contributed by atoms with Crippen LogP contribution in [0.4, 0.5) is 10.3 Å². The molecule has 18 heavy (non-hydrogen) atoms. The van der Waals surface area contributed by atoms with Crippen molar-refractivity contribution in [2.45, 2.75) is 0 Å². The number of nitrogens with zero attached hydrogens (tertiary/aromatic N) is 1. The van der Waals surface area contributed by atoms with Gasteiger partial charge in [0.15, 0.2) is 0 Å². The van der Waals surface area contributed by atoms with Gasteiger partial charge in [-0.05, 0) is 23.6 Å². The molecule has 0 unspecified atom stereocenters. The zero-order valence-corrected chi connectivity index (χ0v) is 9.92. The van der Waals surface area contributed by atoms with E-state index >= 15 is 0 Å². The average molecular weight is 261 g/mol. The van der Waals surface area contributed by atoms with Crippen molar-refractivity contribution in [3.8, 4) is 0 Å². The zero-order chi connectivity index (χ0) is 12.5. The number of benzene rings is 1. The van der Waals surface area contributed by atoms with E-state index in [1.165, 1.54) is 23.5 Å². The fourth-order valence-electron chi connectivity index (χ4n) is 1.62. The number of anilines is 1. The highest BCUT2D eigenvalue weighted by atomic mass is 32.1. The molecule has 3 rings (SSSR count). The van der Waals surface area contributed by atoms with Crippen LogP contribution in [0.5, 0.6) is 0 Å². The van der Waals surface area contributed by atoms with Crippen LogP contribution in [0, 0.1) is 5.82 Å². The Morgan fingerprint density at radius 3 is 3.06 bits per heavy atom. The van der Waals surface area contributed by atoms with Crippen LogP contribution >= 0.6 is 11.3 Å². The highest BCUT2D eigenvalue weighted by Crippen LogP contribution is 2.26. The molecule has 0 fully saturated rings. The lowest BCUT2D eigenvalue weighted by Crippen LogP contribution is -2.11. The molecule has 0 saturated carbocycles. The fourth-order valence-corrected chi connectivity index (χ4v) is 2.60. The Hall–Kier alpha value is -2.21. The first-order chi connectivity index (χ1) is 8.72. The van der Waals surface area contributed by atoms with Crippen molar-refractivity contribution in [1.82, 2.24) is 9.97 Å². The number of carbonyl (C=O) groups excluding carboxylic acids is 1. The van der Waals surface area contributed by atoms with Crippen LogP contribution in [0.1, 0.15) is 9.67 Å². The van der Waals surface area contributed by atoms with Crippen LogP contribution in [0.25, 0.3) is 10.1 Å². The summed E-state index contributed by atoms with van der Waals surface area (Å²) in [5.41, 5.74) is 0. The molecule has 0 aliphatic carbocycles. The number of thiophene rings is 1. The maximum absolute atomic E-state index is 13.0. The predicted octanol–water partition coefficient (Wildman–Crippen LogP) is 3.02. The van der Waals surface area contributed by atoms with Gasteiger partial charge in [-0.1, -0.05) is 6.07 Å². The topological polar surface area (TPSA) is 57.8 Å². The van der Waals surface area contributed by atoms with Gasteiger partial charge >= 0.3 is 0 Å². The number of hydrogen-bond acceptors (Lipinski definition) is 3. The van der Waals surface area contributed by atoms with Crippen molar-refractivity contribution >= 4 is 33.3 Å². The molecule has 0 atom stereocenters. The largest absolute Gasteiger partial charge is 0.331 e. The van der Waals surface area contributed by atoms with E-state index in [-0.39, 0.29) is 11.7 Å². The minimum Gasteiger partial charge on any atom is -0.331 e. The highest BCUT2D eigenvalue weighted by molar-refractivity contribution is 7.20. The van der Waals surface area contributed by atoms with E-state index in [4.69, 9.17) is 0 Å². The molecular formula is C12H8FN3OS. The van der Waals surface area contributed by atoms with Crippen LogP contribution < -0.4 is 5.32 Å². The van der Waals surface area contributed by atoms with Gasteiger partial charge in [0.25, 0.3) is 5.91 Å². The molecule has 2 aromatic heterocycles. The molecular weight excluding hydrogens is 253 g/mol. The van der Waals surface area contributed by atoms with Crippen molar-refractivity contribution in [2.75, 3.05) is 5.32 Å². The van der Waals surface area contributed by atoms with E-state index < -0.39 is 0 Å². The average Bonchev–Trinajstić information content (AvgIpc) is 2.96. The predicted molar refractivity (Wildman–Crippen MR) is 68.3 cm³/mol. The van der Waals surface area contributed by atoms with E-state index in [1.54, 1.807) is 24.5 Å². The Kier molecular flexibility index (Phi) is 2.56. The van der Waals surface area contributed by atoms with E-state index in [2.05, 4.69) is 15.3 Å². The van der Waals surface area contributed by atoms with Gasteiger partial charge in [-0.3, -0.25) is 10.1 Å². The number of aromatic nitrogens is 2. The molecule has 1 amide bonds. The van der Waals surface area contributed by atoms with Gasteiger partial charge in [0.2, 0.25) is 5.95 Å². The lowest BCUT2D eigenvalue weighted by Gasteiger charge is -1.97. The first kappa shape index (κ1) is 10.9. The second-order valence-corrected chi connectivity index (χ2v) is 4.77. The molecule has 2 N–H and O–H groups in total. The van der Waals surface area contributed by atoms with Crippen molar-refractivity contribution in [1.29, 1.82) is 0 Å². The minimum absolute atomic E-state index is 0.258. The normalized spacial score (nSPS) is 10.7. The summed E-state index contributed by atoms with van der Waals surface area (Å²) >= 11 is 1.25. The summed E-state index contributed by atoms with van der Waals surface area (Å²) in [6, 6.07) is 6.19. The Morgan fingerprint density at radius 2 is 2.28 bits per heavy atom. The zero-order valence-electron chi connectivity index (χ0n) is 9.11. The van der Waals surface area contributed by atoms with E-state index in [0.717, 1.165) is 10.1 Å². The van der Waals surface area contributed by atoms with Gasteiger partial charge < -0.3 is 4.98 Å². The maximum Gasteiger partial charge on any atom is 0.268 e.